The Kier molecular flexibility index (Phi) is 16.3. The Balaban J connectivity index is 0.652. The topological polar surface area (TPSA) is 202 Å². The second-order valence-electron chi connectivity index (χ2n) is 24.3. The average Bonchev–Trinajstić information content (AvgIpc) is 2.41. The van der Waals surface area contributed by atoms with E-state index in [1.54, 1.807) is 29.7 Å². The Labute approximate surface area is 492 Å². The van der Waals surface area contributed by atoms with Crippen LogP contribution in [0.25, 0.3) is 43.4 Å². The Hall–Kier alpha value is -6.91. The molecule has 0 spiro atoms. The Bertz CT molecular complexity index is 3530. The molecule has 0 radical (unpaired) electrons. The summed E-state index contributed by atoms with van der Waals surface area (Å²) in [6, 6.07) is 18.4. The number of pyridine rings is 1. The van der Waals surface area contributed by atoms with Gasteiger partial charge in [-0.05, 0) is 98.4 Å². The van der Waals surface area contributed by atoms with Crippen LogP contribution in [0.2, 0.25) is 0 Å². The molecule has 12 rings (SSSR count). The van der Waals surface area contributed by atoms with Crippen molar-refractivity contribution in [1.29, 1.82) is 0 Å². The molecule has 4 aromatic heterocycles. The number of aromatic nitrogens is 5. The normalized spacial score (nSPS) is 22.8. The van der Waals surface area contributed by atoms with Gasteiger partial charge in [0.15, 0.2) is 17.4 Å². The number of carbonyl (C=O) groups is 2. The first-order valence-electron chi connectivity index (χ1n) is 29.9. The molecular weight excluding hydrogens is 1090 g/mol. The van der Waals surface area contributed by atoms with Crippen LogP contribution in [0.3, 0.4) is 0 Å². The minimum atomic E-state index is -1.39. The molecule has 0 saturated carbocycles. The lowest BCUT2D eigenvalue weighted by Crippen LogP contribution is -2.57. The van der Waals surface area contributed by atoms with Gasteiger partial charge in [-0.2, -0.15) is 9.97 Å². The fourth-order valence-electron chi connectivity index (χ4n) is 13.5. The van der Waals surface area contributed by atoms with Crippen molar-refractivity contribution in [3.05, 3.63) is 101 Å². The SMILES string of the molecule is CCc1cccc2cc(O)cc(-c3ncc4c(N5CC6CCC(C5)N6)nc(OCCN5CCC(F)(CN6CCN(c7cc(C(C(=O)N8C[C@H](O)C[C@H]8C(=O)NC(C)c8ccc(-c9scnc9C)cc8)C(C)C)on7)C[C@@H]6C)CC5)nc4c3F)c12. The van der Waals surface area contributed by atoms with Crippen LogP contribution in [-0.4, -0.2) is 170 Å². The number of aliphatic hydroxyl groups excluding tert-OH is 1. The highest BCUT2D eigenvalue weighted by molar-refractivity contribution is 7.13. The number of phenols is 1. The minimum absolute atomic E-state index is 0.00145. The monoisotopic (exact) mass is 1170 g/mol. The maximum Gasteiger partial charge on any atom is 0.319 e. The van der Waals surface area contributed by atoms with Crippen LogP contribution in [0.4, 0.5) is 20.4 Å². The molecule has 5 fully saturated rings. The van der Waals surface area contributed by atoms with Crippen LogP contribution in [0.5, 0.6) is 11.8 Å². The lowest BCUT2D eigenvalue weighted by molar-refractivity contribution is -0.141. The van der Waals surface area contributed by atoms with E-state index in [1.165, 1.54) is 4.90 Å². The van der Waals surface area contributed by atoms with Crippen molar-refractivity contribution in [2.24, 2.45) is 5.92 Å². The molecule has 444 valence electrons. The second-order valence-corrected chi connectivity index (χ2v) is 25.2. The summed E-state index contributed by atoms with van der Waals surface area (Å²) in [6.45, 7) is 17.3. The zero-order valence-corrected chi connectivity index (χ0v) is 49.5. The van der Waals surface area contributed by atoms with E-state index >= 15 is 8.78 Å². The van der Waals surface area contributed by atoms with E-state index in [0.717, 1.165) is 50.9 Å². The fourth-order valence-corrected chi connectivity index (χ4v) is 14.4. The van der Waals surface area contributed by atoms with Gasteiger partial charge in [0.1, 0.15) is 47.0 Å². The number of hydrogen-bond donors (Lipinski definition) is 4. The number of carbonyl (C=O) groups excluding carboxylic acids is 2. The average molecular weight is 1170 g/mol. The molecular formula is C63H76F2N12O6S. The second kappa shape index (κ2) is 23.9. The number of piperidine rings is 1. The number of piperazine rings is 2. The summed E-state index contributed by atoms with van der Waals surface area (Å²) in [5.74, 6) is -0.577. The van der Waals surface area contributed by atoms with Crippen LogP contribution in [0.1, 0.15) is 101 Å². The summed E-state index contributed by atoms with van der Waals surface area (Å²) >= 11 is 1.58. The minimum Gasteiger partial charge on any atom is -0.508 e. The molecule has 2 amide bonds. The van der Waals surface area contributed by atoms with Crippen molar-refractivity contribution in [1.82, 2.24) is 50.4 Å². The quantitative estimate of drug-likeness (QED) is 0.0675. The molecule has 5 aliphatic heterocycles. The van der Waals surface area contributed by atoms with Crippen LogP contribution in [0.15, 0.2) is 76.9 Å². The first-order valence-corrected chi connectivity index (χ1v) is 30.8. The summed E-state index contributed by atoms with van der Waals surface area (Å²) in [4.78, 5) is 58.4. The number of nitrogens with one attached hydrogen (secondary N) is 2. The molecule has 21 heteroatoms. The van der Waals surface area contributed by atoms with Gasteiger partial charge in [-0.25, -0.2) is 13.8 Å². The van der Waals surface area contributed by atoms with Gasteiger partial charge in [0.25, 0.3) is 0 Å². The molecule has 5 aliphatic rings. The highest BCUT2D eigenvalue weighted by atomic mass is 32.1. The van der Waals surface area contributed by atoms with Crippen molar-refractivity contribution < 1.29 is 37.8 Å². The largest absolute Gasteiger partial charge is 0.508 e. The smallest absolute Gasteiger partial charge is 0.319 e. The summed E-state index contributed by atoms with van der Waals surface area (Å²) in [7, 11) is 0. The van der Waals surface area contributed by atoms with E-state index in [-0.39, 0.29) is 72.4 Å². The van der Waals surface area contributed by atoms with Crippen molar-refractivity contribution in [3.8, 4) is 33.5 Å². The van der Waals surface area contributed by atoms with Gasteiger partial charge in [0.05, 0.1) is 33.6 Å². The number of rotatable bonds is 17. The standard InChI is InChI=1S/C63H76F2N12O6S/c1-7-40-9-8-10-43-25-46(78)26-48(54(40)43)56-55(64)57-49(29-66-56)59(76-31-44-15-16-45(32-76)69-44)71-62(70-57)82-24-23-73-19-17-63(65,18-20-73)34-75-22-21-74(30-37(75)4)52-28-51(83-72-52)53(36(2)3)61(81)77-33-47(79)27-50(77)60(80)68-38(5)41-11-13-42(14-12-41)58-39(6)67-35-84-58/h8-14,25-26,28-29,35-38,44-45,47,50,53,69,78-79H,7,15-24,27,30-34H2,1-6H3,(H,68,80)/t37-,38?,44?,45?,47+,50-,53?/m0/s1. The number of β-amino-alcohol motifs (C(OH)–C–C–N with tert-alkyl or cyclic N) is 1. The van der Waals surface area contributed by atoms with E-state index in [4.69, 9.17) is 24.2 Å². The molecule has 0 aliphatic carbocycles. The fraction of sp³-hybridized carbons (Fsp3) is 0.508. The number of aliphatic hydroxyl groups is 1. The zero-order chi connectivity index (χ0) is 58.6. The third-order valence-electron chi connectivity index (χ3n) is 18.2. The van der Waals surface area contributed by atoms with Crippen LogP contribution >= 0.6 is 11.3 Å². The lowest BCUT2D eigenvalue weighted by Gasteiger charge is -2.44. The van der Waals surface area contributed by atoms with Crippen molar-refractivity contribution in [2.45, 2.75) is 128 Å². The van der Waals surface area contributed by atoms with Crippen molar-refractivity contribution >= 4 is 56.5 Å². The molecule has 9 heterocycles. The number of fused-ring (bicyclic) bond motifs is 4. The number of amides is 2. The van der Waals surface area contributed by atoms with Gasteiger partial charge in [-0.3, -0.25) is 24.4 Å². The number of nitrogens with zero attached hydrogens (tertiary/aromatic N) is 10. The van der Waals surface area contributed by atoms with Gasteiger partial charge in [-0.1, -0.05) is 68.4 Å². The van der Waals surface area contributed by atoms with Crippen LogP contribution in [-0.2, 0) is 16.0 Å². The number of likely N-dealkylation sites (tertiary alicyclic amines) is 2. The highest BCUT2D eigenvalue weighted by Gasteiger charge is 2.45. The lowest BCUT2D eigenvalue weighted by atomic mass is 9.91. The number of halogens is 2. The van der Waals surface area contributed by atoms with Gasteiger partial charge in [-0.15, -0.1) is 11.3 Å². The predicted octanol–water partition coefficient (Wildman–Crippen LogP) is 8.59. The van der Waals surface area contributed by atoms with Crippen molar-refractivity contribution in [2.75, 3.05) is 81.9 Å². The number of phenolic OH excluding ortho intramolecular Hbond substituents is 1. The first kappa shape index (κ1) is 57.5. The van der Waals surface area contributed by atoms with E-state index in [2.05, 4.69) is 47.3 Å². The molecule has 7 aromatic rings. The van der Waals surface area contributed by atoms with E-state index in [0.29, 0.717) is 119 Å². The maximum absolute atomic E-state index is 17.2. The Morgan fingerprint density at radius 3 is 2.45 bits per heavy atom. The molecule has 4 N–H and O–H groups in total. The number of aromatic hydroxyl groups is 1. The number of alkyl halides is 1. The van der Waals surface area contributed by atoms with Gasteiger partial charge in [0, 0.05) is 108 Å². The molecule has 18 nitrogen and oxygen atoms in total. The Morgan fingerprint density at radius 1 is 0.964 bits per heavy atom. The van der Waals surface area contributed by atoms with E-state index in [9.17, 15) is 19.8 Å². The molecule has 2 bridgehead atoms. The number of anilines is 2. The number of hydrogen-bond acceptors (Lipinski definition) is 17. The summed E-state index contributed by atoms with van der Waals surface area (Å²) in [5.41, 5.74) is 5.10. The van der Waals surface area contributed by atoms with Crippen LogP contribution < -0.4 is 25.2 Å². The van der Waals surface area contributed by atoms with E-state index in [1.807, 2.05) is 88.7 Å². The van der Waals surface area contributed by atoms with Crippen LogP contribution in [0, 0.1) is 18.7 Å². The van der Waals surface area contributed by atoms with Gasteiger partial charge in [0.2, 0.25) is 11.8 Å². The number of aryl methyl sites for hydroxylation is 2. The summed E-state index contributed by atoms with van der Waals surface area (Å²) in [6.07, 6.45) is 4.49. The Morgan fingerprint density at radius 2 is 1.74 bits per heavy atom. The summed E-state index contributed by atoms with van der Waals surface area (Å²) in [5, 5.41) is 35.0. The zero-order valence-electron chi connectivity index (χ0n) is 48.7. The predicted molar refractivity (Wildman–Crippen MR) is 321 cm³/mol. The molecule has 4 unspecified atom stereocenters. The molecule has 3 aromatic carbocycles. The molecule has 7 atom stereocenters. The van der Waals surface area contributed by atoms with E-state index < -0.39 is 29.5 Å². The highest BCUT2D eigenvalue weighted by Crippen LogP contribution is 2.40. The maximum atomic E-state index is 17.2. The number of benzene rings is 3. The first-order chi connectivity index (χ1) is 40.5. The third-order valence-corrected chi connectivity index (χ3v) is 19.2. The molecule has 84 heavy (non-hydrogen) atoms. The molecule has 5 saturated heterocycles. The van der Waals surface area contributed by atoms with Gasteiger partial charge < -0.3 is 44.8 Å². The number of thiazole rings is 1. The summed E-state index contributed by atoms with van der Waals surface area (Å²) < 4.78 is 46.3. The van der Waals surface area contributed by atoms with Crippen molar-refractivity contribution in [3.63, 3.8) is 0 Å². The number of ether oxygens (including phenoxy) is 1. The van der Waals surface area contributed by atoms with Gasteiger partial charge >= 0.3 is 6.01 Å². The third kappa shape index (κ3) is 11.7.